The molecule has 9 heteroatoms. The maximum Gasteiger partial charge on any atom is 0.162 e. The van der Waals surface area contributed by atoms with Crippen molar-refractivity contribution in [3.63, 3.8) is 0 Å². The monoisotopic (exact) mass is 480 g/mol. The molecule has 0 bridgehead atoms. The van der Waals surface area contributed by atoms with Crippen molar-refractivity contribution in [3.8, 4) is 29.4 Å². The van der Waals surface area contributed by atoms with Gasteiger partial charge >= 0.3 is 0 Å². The molecule has 0 aliphatic carbocycles. The zero-order valence-electron chi connectivity index (χ0n) is 20.4. The summed E-state index contributed by atoms with van der Waals surface area (Å²) < 4.78 is 16.7. The molecule has 0 amide bonds. The standard InChI is InChI=1S/C27H24N6O3/c1-33(2)26-15-30-22-8-7-21(20(14-29)27(22)32-26)31-19-6-10-24(25(12-19)35-4)36-16-17-5-9-23(34-3)18(11-17)13-28/h5-12,15,31H,16H2,1-4H3. The number of anilines is 3. The van der Waals surface area contributed by atoms with E-state index in [0.29, 0.717) is 56.6 Å². The smallest absolute Gasteiger partial charge is 0.162 e. The average molecular weight is 481 g/mol. The Morgan fingerprint density at radius 3 is 2.39 bits per heavy atom. The summed E-state index contributed by atoms with van der Waals surface area (Å²) in [5, 5.41) is 22.5. The second-order valence-electron chi connectivity index (χ2n) is 8.02. The molecule has 0 aliphatic heterocycles. The second-order valence-corrected chi connectivity index (χ2v) is 8.02. The first-order chi connectivity index (χ1) is 17.5. The fourth-order valence-electron chi connectivity index (χ4n) is 3.61. The summed E-state index contributed by atoms with van der Waals surface area (Å²) in [6.07, 6.45) is 1.67. The zero-order valence-corrected chi connectivity index (χ0v) is 20.4. The highest BCUT2D eigenvalue weighted by molar-refractivity contribution is 5.89. The molecule has 0 fully saturated rings. The van der Waals surface area contributed by atoms with Crippen LogP contribution in [0.15, 0.2) is 54.7 Å². The minimum Gasteiger partial charge on any atom is -0.495 e. The average Bonchev–Trinajstić information content (AvgIpc) is 2.91. The highest BCUT2D eigenvalue weighted by Crippen LogP contribution is 2.34. The molecular formula is C27H24N6O3. The van der Waals surface area contributed by atoms with Gasteiger partial charge in [-0.2, -0.15) is 10.5 Å². The summed E-state index contributed by atoms with van der Waals surface area (Å²) in [7, 11) is 6.83. The Bertz CT molecular complexity index is 1500. The largest absolute Gasteiger partial charge is 0.495 e. The van der Waals surface area contributed by atoms with Gasteiger partial charge in [-0.1, -0.05) is 6.07 Å². The van der Waals surface area contributed by atoms with Gasteiger partial charge in [0.15, 0.2) is 11.5 Å². The van der Waals surface area contributed by atoms with Crippen LogP contribution in [0.25, 0.3) is 11.0 Å². The number of hydrogen-bond acceptors (Lipinski definition) is 9. The molecule has 0 atom stereocenters. The fraction of sp³-hybridized carbons (Fsp3) is 0.185. The molecule has 1 N–H and O–H groups in total. The lowest BCUT2D eigenvalue weighted by Crippen LogP contribution is -2.11. The first kappa shape index (κ1) is 24.1. The van der Waals surface area contributed by atoms with Crippen LogP contribution in [0.1, 0.15) is 16.7 Å². The van der Waals surface area contributed by atoms with E-state index in [4.69, 9.17) is 14.2 Å². The maximum atomic E-state index is 9.87. The van der Waals surface area contributed by atoms with E-state index >= 15 is 0 Å². The summed E-state index contributed by atoms with van der Waals surface area (Å²) in [5.41, 5.74) is 4.15. The summed E-state index contributed by atoms with van der Waals surface area (Å²) in [6.45, 7) is 0.248. The Balaban J connectivity index is 1.58. The van der Waals surface area contributed by atoms with Gasteiger partial charge in [-0.15, -0.1) is 0 Å². The zero-order chi connectivity index (χ0) is 25.7. The van der Waals surface area contributed by atoms with Crippen molar-refractivity contribution in [2.24, 2.45) is 0 Å². The number of aromatic nitrogens is 2. The molecule has 4 rings (SSSR count). The van der Waals surface area contributed by atoms with Gasteiger partial charge < -0.3 is 24.4 Å². The van der Waals surface area contributed by atoms with E-state index in [1.54, 1.807) is 43.6 Å². The molecule has 0 spiro atoms. The lowest BCUT2D eigenvalue weighted by Gasteiger charge is -2.15. The summed E-state index contributed by atoms with van der Waals surface area (Å²) in [6, 6.07) is 18.7. The molecule has 9 nitrogen and oxygen atoms in total. The third kappa shape index (κ3) is 4.91. The summed E-state index contributed by atoms with van der Waals surface area (Å²) in [5.74, 6) is 2.24. The van der Waals surface area contributed by atoms with Crippen LogP contribution in [0.5, 0.6) is 17.2 Å². The van der Waals surface area contributed by atoms with Gasteiger partial charge in [0.05, 0.1) is 37.2 Å². The number of nitrogens with zero attached hydrogens (tertiary/aromatic N) is 5. The number of methoxy groups -OCH3 is 2. The van der Waals surface area contributed by atoms with Crippen LogP contribution in [0.2, 0.25) is 0 Å². The highest BCUT2D eigenvalue weighted by atomic mass is 16.5. The molecule has 1 aromatic heterocycles. The molecule has 0 unspecified atom stereocenters. The van der Waals surface area contributed by atoms with Crippen LogP contribution in [0.3, 0.4) is 0 Å². The summed E-state index contributed by atoms with van der Waals surface area (Å²) in [4.78, 5) is 10.9. The number of rotatable bonds is 8. The van der Waals surface area contributed by atoms with Crippen molar-refractivity contribution in [1.29, 1.82) is 10.5 Å². The van der Waals surface area contributed by atoms with Gasteiger partial charge in [-0.25, -0.2) is 4.98 Å². The normalized spacial score (nSPS) is 10.3. The molecule has 1 heterocycles. The van der Waals surface area contributed by atoms with E-state index in [2.05, 4.69) is 27.4 Å². The van der Waals surface area contributed by atoms with Crippen molar-refractivity contribution in [2.45, 2.75) is 6.61 Å². The Kier molecular flexibility index (Phi) is 7.03. The van der Waals surface area contributed by atoms with E-state index in [0.717, 1.165) is 5.56 Å². The topological polar surface area (TPSA) is 116 Å². The summed E-state index contributed by atoms with van der Waals surface area (Å²) >= 11 is 0. The Labute approximate surface area is 209 Å². The highest BCUT2D eigenvalue weighted by Gasteiger charge is 2.14. The lowest BCUT2D eigenvalue weighted by atomic mass is 10.1. The number of nitrogens with one attached hydrogen (secondary N) is 1. The molecule has 3 aromatic carbocycles. The number of nitriles is 2. The van der Waals surface area contributed by atoms with Crippen LogP contribution in [-0.4, -0.2) is 38.3 Å². The fourth-order valence-corrected chi connectivity index (χ4v) is 3.61. The van der Waals surface area contributed by atoms with Gasteiger partial charge in [0, 0.05) is 25.8 Å². The predicted molar refractivity (Wildman–Crippen MR) is 137 cm³/mol. The Morgan fingerprint density at radius 1 is 0.917 bits per heavy atom. The van der Waals surface area contributed by atoms with Crippen molar-refractivity contribution < 1.29 is 14.2 Å². The quantitative estimate of drug-likeness (QED) is 0.380. The van der Waals surface area contributed by atoms with E-state index in [1.807, 2.05) is 37.2 Å². The van der Waals surface area contributed by atoms with Gasteiger partial charge in [0.2, 0.25) is 0 Å². The van der Waals surface area contributed by atoms with E-state index in [9.17, 15) is 10.5 Å². The van der Waals surface area contributed by atoms with Gasteiger partial charge in [0.25, 0.3) is 0 Å². The number of benzene rings is 3. The van der Waals surface area contributed by atoms with E-state index < -0.39 is 0 Å². The van der Waals surface area contributed by atoms with Crippen molar-refractivity contribution in [1.82, 2.24) is 9.97 Å². The molecule has 4 aromatic rings. The van der Waals surface area contributed by atoms with Crippen molar-refractivity contribution in [2.75, 3.05) is 38.5 Å². The number of ether oxygens (including phenoxy) is 3. The molecular weight excluding hydrogens is 456 g/mol. The van der Waals surface area contributed by atoms with Crippen molar-refractivity contribution >= 4 is 28.2 Å². The maximum absolute atomic E-state index is 9.87. The minimum absolute atomic E-state index is 0.248. The second kappa shape index (κ2) is 10.5. The molecule has 0 aliphatic rings. The molecule has 180 valence electrons. The third-order valence-corrected chi connectivity index (χ3v) is 5.49. The van der Waals surface area contributed by atoms with Crippen LogP contribution >= 0.6 is 0 Å². The lowest BCUT2D eigenvalue weighted by molar-refractivity contribution is 0.284. The molecule has 0 radical (unpaired) electrons. The van der Waals surface area contributed by atoms with E-state index in [-0.39, 0.29) is 6.61 Å². The first-order valence-corrected chi connectivity index (χ1v) is 11.0. The van der Waals surface area contributed by atoms with Crippen LogP contribution in [-0.2, 0) is 6.61 Å². The van der Waals surface area contributed by atoms with Gasteiger partial charge in [0.1, 0.15) is 41.4 Å². The van der Waals surface area contributed by atoms with Crippen LogP contribution < -0.4 is 24.4 Å². The van der Waals surface area contributed by atoms with Crippen LogP contribution in [0, 0.1) is 22.7 Å². The molecule has 36 heavy (non-hydrogen) atoms. The molecule has 0 saturated heterocycles. The molecule has 0 saturated carbocycles. The number of hydrogen-bond donors (Lipinski definition) is 1. The van der Waals surface area contributed by atoms with Gasteiger partial charge in [-0.3, -0.25) is 4.98 Å². The predicted octanol–water partition coefficient (Wildman–Crippen LogP) is 4.78. The SMILES string of the molecule is COc1ccc(COc2ccc(Nc3ccc4ncc(N(C)C)nc4c3C#N)cc2OC)cc1C#N. The number of fused-ring (bicyclic) bond motifs is 1. The first-order valence-electron chi connectivity index (χ1n) is 11.0. The van der Waals surface area contributed by atoms with Gasteiger partial charge in [-0.05, 0) is 42.0 Å². The van der Waals surface area contributed by atoms with Crippen LogP contribution in [0.4, 0.5) is 17.2 Å². The third-order valence-electron chi connectivity index (χ3n) is 5.49. The Morgan fingerprint density at radius 2 is 1.69 bits per heavy atom. The van der Waals surface area contributed by atoms with E-state index in [1.165, 1.54) is 7.11 Å². The Hall–Kier alpha value is -5.02. The van der Waals surface area contributed by atoms with Crippen molar-refractivity contribution in [3.05, 3.63) is 71.4 Å². The minimum atomic E-state index is 0.248.